The second-order valence-corrected chi connectivity index (χ2v) is 17.2. The maximum atomic E-state index is 15.3. The molecule has 4 aliphatic rings. The van der Waals surface area contributed by atoms with Crippen LogP contribution in [-0.4, -0.2) is 103 Å². The number of benzene rings is 2. The second-order valence-electron chi connectivity index (χ2n) is 17.2. The Labute approximate surface area is 345 Å². The first-order valence-electron chi connectivity index (χ1n) is 20.8. The SMILES string of the molecule is CC(C)(O)c1cc2nn(C3CCC(N4CCN([C@H]5CCN(c6cc(F)c(C7CCC(=O)NC7=O)c(F)c6)C5)CC4)CC3)cc2cc1NC(=O)c1ccc2cc(C#N)cnn12. The molecule has 3 aliphatic heterocycles. The molecule has 3 N–H and O–H groups in total. The van der Waals surface area contributed by atoms with Crippen molar-refractivity contribution in [3.63, 3.8) is 0 Å². The quantitative estimate of drug-likeness (QED) is 0.177. The van der Waals surface area contributed by atoms with Crippen molar-refractivity contribution in [2.45, 2.75) is 88.4 Å². The van der Waals surface area contributed by atoms with E-state index < -0.39 is 40.9 Å². The highest BCUT2D eigenvalue weighted by atomic mass is 19.1. The number of carbonyl (C=O) groups excluding carboxylic acids is 3. The molecule has 4 fully saturated rings. The van der Waals surface area contributed by atoms with E-state index in [9.17, 15) is 24.8 Å². The van der Waals surface area contributed by atoms with Crippen LogP contribution in [0.2, 0.25) is 0 Å². The van der Waals surface area contributed by atoms with E-state index in [0.29, 0.717) is 52.8 Å². The summed E-state index contributed by atoms with van der Waals surface area (Å²) in [6.07, 6.45) is 8.56. The predicted molar refractivity (Wildman–Crippen MR) is 219 cm³/mol. The molecular formula is C44H48F2N10O4. The summed E-state index contributed by atoms with van der Waals surface area (Å²) in [6, 6.07) is 14.5. The summed E-state index contributed by atoms with van der Waals surface area (Å²) >= 11 is 0. The zero-order chi connectivity index (χ0) is 41.9. The fourth-order valence-corrected chi connectivity index (χ4v) is 9.79. The van der Waals surface area contributed by atoms with E-state index >= 15 is 8.78 Å². The van der Waals surface area contributed by atoms with E-state index in [0.717, 1.165) is 69.2 Å². The summed E-state index contributed by atoms with van der Waals surface area (Å²) in [4.78, 5) is 44.5. The van der Waals surface area contributed by atoms with Gasteiger partial charge in [0, 0.05) is 91.9 Å². The number of piperazine rings is 1. The summed E-state index contributed by atoms with van der Waals surface area (Å²) in [5.41, 5.74) is 2.06. The molecule has 60 heavy (non-hydrogen) atoms. The lowest BCUT2D eigenvalue weighted by molar-refractivity contribution is -0.134. The Kier molecular flexibility index (Phi) is 10.4. The molecule has 0 radical (unpaired) electrons. The highest BCUT2D eigenvalue weighted by Gasteiger charge is 2.36. The fraction of sp³-hybridized carbons (Fsp3) is 0.455. The molecule has 1 aliphatic carbocycles. The summed E-state index contributed by atoms with van der Waals surface area (Å²) < 4.78 is 34.1. The molecule has 9 rings (SSSR count). The van der Waals surface area contributed by atoms with E-state index in [-0.39, 0.29) is 30.5 Å². The first kappa shape index (κ1) is 39.7. The van der Waals surface area contributed by atoms with Crippen LogP contribution in [0.4, 0.5) is 20.2 Å². The number of carbonyl (C=O) groups is 3. The number of nitrogens with zero attached hydrogens (tertiary/aromatic N) is 8. The predicted octanol–water partition coefficient (Wildman–Crippen LogP) is 5.21. The minimum absolute atomic E-state index is 0.0571. The Hall–Kier alpha value is -5.76. The first-order valence-corrected chi connectivity index (χ1v) is 20.8. The van der Waals surface area contributed by atoms with Gasteiger partial charge in [-0.1, -0.05) is 0 Å². The number of nitriles is 1. The molecule has 2 atom stereocenters. The van der Waals surface area contributed by atoms with Crippen molar-refractivity contribution in [3.8, 4) is 6.07 Å². The second kappa shape index (κ2) is 15.7. The van der Waals surface area contributed by atoms with Gasteiger partial charge in [0.05, 0.1) is 40.4 Å². The average molecular weight is 819 g/mol. The van der Waals surface area contributed by atoms with Gasteiger partial charge >= 0.3 is 0 Å². The lowest BCUT2D eigenvalue weighted by atomic mass is 9.89. The van der Waals surface area contributed by atoms with E-state index in [4.69, 9.17) is 5.10 Å². The van der Waals surface area contributed by atoms with Crippen molar-refractivity contribution in [2.24, 2.45) is 0 Å². The van der Waals surface area contributed by atoms with Crippen molar-refractivity contribution >= 4 is 45.5 Å². The van der Waals surface area contributed by atoms with Gasteiger partial charge in [-0.2, -0.15) is 15.5 Å². The molecule has 6 heterocycles. The summed E-state index contributed by atoms with van der Waals surface area (Å²) in [7, 11) is 0. The summed E-state index contributed by atoms with van der Waals surface area (Å²) in [5.74, 6) is -3.97. The number of nitrogens with one attached hydrogen (secondary N) is 2. The summed E-state index contributed by atoms with van der Waals surface area (Å²) in [6.45, 7) is 8.52. The van der Waals surface area contributed by atoms with E-state index in [2.05, 4.69) is 31.6 Å². The van der Waals surface area contributed by atoms with Crippen LogP contribution in [0.3, 0.4) is 0 Å². The molecular weight excluding hydrogens is 771 g/mol. The Morgan fingerprint density at radius 3 is 2.30 bits per heavy atom. The van der Waals surface area contributed by atoms with Crippen LogP contribution in [-0.2, 0) is 15.2 Å². The number of aliphatic hydroxyl groups is 1. The van der Waals surface area contributed by atoms with E-state index in [1.54, 1.807) is 32.0 Å². The number of hydrogen-bond acceptors (Lipinski definition) is 10. The number of amides is 3. The molecule has 0 bridgehead atoms. The van der Waals surface area contributed by atoms with Crippen LogP contribution < -0.4 is 15.5 Å². The third kappa shape index (κ3) is 7.61. The number of aromatic nitrogens is 4. The molecule has 5 aromatic rings. The molecule has 0 spiro atoms. The number of rotatable bonds is 8. The zero-order valence-electron chi connectivity index (χ0n) is 33.7. The minimum atomic E-state index is -1.26. The van der Waals surface area contributed by atoms with E-state index in [1.165, 1.54) is 22.8 Å². The van der Waals surface area contributed by atoms with Gasteiger partial charge < -0.3 is 15.3 Å². The van der Waals surface area contributed by atoms with Gasteiger partial charge in [-0.25, -0.2) is 13.3 Å². The smallest absolute Gasteiger partial charge is 0.274 e. The van der Waals surface area contributed by atoms with Crippen molar-refractivity contribution < 1.29 is 28.3 Å². The molecule has 312 valence electrons. The monoisotopic (exact) mass is 818 g/mol. The van der Waals surface area contributed by atoms with Gasteiger partial charge in [0.1, 0.15) is 23.4 Å². The lowest BCUT2D eigenvalue weighted by Gasteiger charge is -2.43. The van der Waals surface area contributed by atoms with Crippen LogP contribution in [0.5, 0.6) is 0 Å². The third-order valence-electron chi connectivity index (χ3n) is 13.0. The Morgan fingerprint density at radius 1 is 0.917 bits per heavy atom. The minimum Gasteiger partial charge on any atom is -0.386 e. The largest absolute Gasteiger partial charge is 0.386 e. The normalized spacial score (nSPS) is 23.3. The first-order chi connectivity index (χ1) is 28.8. The molecule has 1 saturated carbocycles. The van der Waals surface area contributed by atoms with Crippen molar-refractivity contribution in [1.82, 2.24) is 34.5 Å². The van der Waals surface area contributed by atoms with Crippen LogP contribution in [0.25, 0.3) is 16.4 Å². The number of fused-ring (bicyclic) bond motifs is 2. The highest BCUT2D eigenvalue weighted by Crippen LogP contribution is 2.37. The molecule has 3 amide bonds. The molecule has 1 unspecified atom stereocenters. The van der Waals surface area contributed by atoms with Gasteiger partial charge in [-0.15, -0.1) is 0 Å². The number of piperidine rings is 1. The molecule has 14 nitrogen and oxygen atoms in total. The number of halogens is 2. The van der Waals surface area contributed by atoms with Crippen molar-refractivity contribution in [1.29, 1.82) is 5.26 Å². The van der Waals surface area contributed by atoms with Crippen molar-refractivity contribution in [2.75, 3.05) is 49.5 Å². The van der Waals surface area contributed by atoms with Gasteiger partial charge in [-0.05, 0) is 94.8 Å². The van der Waals surface area contributed by atoms with Gasteiger partial charge in [-0.3, -0.25) is 34.2 Å². The maximum absolute atomic E-state index is 15.3. The van der Waals surface area contributed by atoms with Gasteiger partial charge in [0.2, 0.25) is 11.8 Å². The zero-order valence-corrected chi connectivity index (χ0v) is 33.7. The maximum Gasteiger partial charge on any atom is 0.274 e. The highest BCUT2D eigenvalue weighted by molar-refractivity contribution is 6.05. The third-order valence-corrected chi connectivity index (χ3v) is 13.0. The van der Waals surface area contributed by atoms with Crippen LogP contribution in [0, 0.1) is 23.0 Å². The molecule has 3 aromatic heterocycles. The van der Waals surface area contributed by atoms with E-state index in [1.807, 2.05) is 27.9 Å². The number of hydrogen-bond donors (Lipinski definition) is 3. The van der Waals surface area contributed by atoms with Crippen LogP contribution >= 0.6 is 0 Å². The Morgan fingerprint density at radius 2 is 1.62 bits per heavy atom. The Bertz CT molecular complexity index is 2520. The molecule has 16 heteroatoms. The van der Waals surface area contributed by atoms with Crippen LogP contribution in [0.1, 0.15) is 97.9 Å². The number of imide groups is 1. The summed E-state index contributed by atoms with van der Waals surface area (Å²) in [5, 5.41) is 35.6. The number of anilines is 2. The lowest BCUT2D eigenvalue weighted by Crippen LogP contribution is -2.54. The fourth-order valence-electron chi connectivity index (χ4n) is 9.79. The van der Waals surface area contributed by atoms with Gasteiger partial charge in [0.25, 0.3) is 5.91 Å². The average Bonchev–Trinajstić information content (AvgIpc) is 4.00. The van der Waals surface area contributed by atoms with Crippen LogP contribution in [0.15, 0.2) is 54.9 Å². The van der Waals surface area contributed by atoms with Gasteiger partial charge in [0.15, 0.2) is 0 Å². The standard InChI is InChI=1S/C44H48F2N10O4/c1-44(2,60)34-21-37-27(18-38(34)49-43(59)39-9-7-30-17-26(22-47)23-48-56(30)39)24-55(51-37)29-5-3-28(4-6-29)52-13-15-53(16-14-52)31-11-12-54(25-31)32-19-35(45)41(36(46)20-32)33-8-10-40(57)50-42(33)58/h7,9,17-21,23-24,28-29,31,33,60H,3-6,8,10-16,25H2,1-2H3,(H,49,59)(H,50,57,58)/t28?,29?,31-,33?/m0/s1. The van der Waals surface area contributed by atoms with Crippen molar-refractivity contribution in [3.05, 3.63) is 88.9 Å². The topological polar surface area (TPSA) is 164 Å². The molecule has 3 saturated heterocycles. The Balaban J connectivity index is 0.796. The molecule has 2 aromatic carbocycles.